The lowest BCUT2D eigenvalue weighted by Gasteiger charge is -2.33. The summed E-state index contributed by atoms with van der Waals surface area (Å²) in [7, 11) is 0. The van der Waals surface area contributed by atoms with E-state index in [1.807, 2.05) is 32.9 Å². The number of likely N-dealkylation sites (tertiary alicyclic amines) is 1. The van der Waals surface area contributed by atoms with E-state index < -0.39 is 5.60 Å². The van der Waals surface area contributed by atoms with Gasteiger partial charge in [0, 0.05) is 25.8 Å². The van der Waals surface area contributed by atoms with E-state index in [2.05, 4.69) is 20.4 Å². The Morgan fingerprint density at radius 3 is 2.79 bits per heavy atom. The molecule has 150 valence electrons. The summed E-state index contributed by atoms with van der Waals surface area (Å²) in [5.41, 5.74) is 0.342. The van der Waals surface area contributed by atoms with Crippen LogP contribution in [0.2, 0.25) is 0 Å². The molecule has 2 aromatic rings. The number of pyridine rings is 1. The number of nitrogens with one attached hydrogen (secondary N) is 1. The third kappa shape index (κ3) is 5.28. The molecule has 1 fully saturated rings. The Kier molecular flexibility index (Phi) is 5.91. The highest BCUT2D eigenvalue weighted by Gasteiger charge is 2.30. The number of rotatable bonds is 4. The second-order valence-corrected chi connectivity index (χ2v) is 7.85. The molecule has 0 aliphatic carbocycles. The Morgan fingerprint density at radius 1 is 1.32 bits per heavy atom. The SMILES string of the molecule is CC(C)(C)OC(=O)N1CCCC(C(=O)NCc2ccc(-n3cncn3)nc2)C1. The number of ether oxygens (including phenoxy) is 1. The van der Waals surface area contributed by atoms with Crippen molar-refractivity contribution in [1.29, 1.82) is 0 Å². The zero-order valence-electron chi connectivity index (χ0n) is 16.5. The van der Waals surface area contributed by atoms with Crippen LogP contribution < -0.4 is 5.32 Å². The van der Waals surface area contributed by atoms with Crippen molar-refractivity contribution in [2.24, 2.45) is 5.92 Å². The van der Waals surface area contributed by atoms with Crippen molar-refractivity contribution in [3.63, 3.8) is 0 Å². The largest absolute Gasteiger partial charge is 0.444 e. The molecule has 2 amide bonds. The molecule has 0 radical (unpaired) electrons. The van der Waals surface area contributed by atoms with Gasteiger partial charge >= 0.3 is 6.09 Å². The minimum atomic E-state index is -0.544. The number of amides is 2. The van der Waals surface area contributed by atoms with Crippen molar-refractivity contribution in [2.75, 3.05) is 13.1 Å². The highest BCUT2D eigenvalue weighted by Crippen LogP contribution is 2.19. The normalized spacial score (nSPS) is 17.2. The highest BCUT2D eigenvalue weighted by molar-refractivity contribution is 5.80. The molecule has 3 rings (SSSR count). The average Bonchev–Trinajstić information content (AvgIpc) is 3.20. The third-order valence-corrected chi connectivity index (χ3v) is 4.37. The first-order valence-corrected chi connectivity index (χ1v) is 9.37. The molecule has 1 N–H and O–H groups in total. The number of hydrogen-bond acceptors (Lipinski definition) is 6. The number of nitrogens with zero attached hydrogens (tertiary/aromatic N) is 5. The average molecular weight is 386 g/mol. The van der Waals surface area contributed by atoms with Crippen LogP contribution in [0.4, 0.5) is 4.79 Å². The van der Waals surface area contributed by atoms with E-state index in [-0.39, 0.29) is 17.9 Å². The minimum absolute atomic E-state index is 0.0615. The van der Waals surface area contributed by atoms with Gasteiger partial charge in [-0.2, -0.15) is 5.10 Å². The van der Waals surface area contributed by atoms with E-state index in [1.54, 1.807) is 22.1 Å². The molecular formula is C19H26N6O3. The Hall–Kier alpha value is -2.97. The van der Waals surface area contributed by atoms with Crippen LogP contribution >= 0.6 is 0 Å². The summed E-state index contributed by atoms with van der Waals surface area (Å²) in [6.07, 6.45) is 5.90. The molecule has 9 heteroatoms. The van der Waals surface area contributed by atoms with Gasteiger partial charge in [0.15, 0.2) is 5.82 Å². The number of carbonyl (C=O) groups excluding carboxylic acids is 2. The molecule has 0 bridgehead atoms. The van der Waals surface area contributed by atoms with Crippen molar-refractivity contribution in [3.8, 4) is 5.82 Å². The summed E-state index contributed by atoms with van der Waals surface area (Å²) in [4.78, 5) is 34.6. The van der Waals surface area contributed by atoms with Gasteiger partial charge in [-0.25, -0.2) is 19.4 Å². The number of aromatic nitrogens is 4. The van der Waals surface area contributed by atoms with Gasteiger partial charge < -0.3 is 15.0 Å². The van der Waals surface area contributed by atoms with Crippen LogP contribution in [0.5, 0.6) is 0 Å². The van der Waals surface area contributed by atoms with E-state index in [1.165, 1.54) is 6.33 Å². The van der Waals surface area contributed by atoms with Gasteiger partial charge in [0.2, 0.25) is 5.91 Å². The molecule has 1 aliphatic rings. The van der Waals surface area contributed by atoms with E-state index in [4.69, 9.17) is 4.74 Å². The maximum atomic E-state index is 12.5. The minimum Gasteiger partial charge on any atom is -0.444 e. The summed E-state index contributed by atoms with van der Waals surface area (Å²) in [5, 5.41) is 6.96. The summed E-state index contributed by atoms with van der Waals surface area (Å²) >= 11 is 0. The number of carbonyl (C=O) groups is 2. The fraction of sp³-hybridized carbons (Fsp3) is 0.526. The van der Waals surface area contributed by atoms with Crippen molar-refractivity contribution in [3.05, 3.63) is 36.5 Å². The molecule has 1 atom stereocenters. The molecule has 1 aliphatic heterocycles. The van der Waals surface area contributed by atoms with E-state index in [9.17, 15) is 9.59 Å². The zero-order valence-corrected chi connectivity index (χ0v) is 16.5. The second kappa shape index (κ2) is 8.37. The predicted molar refractivity (Wildman–Crippen MR) is 102 cm³/mol. The van der Waals surface area contributed by atoms with Gasteiger partial charge in [-0.3, -0.25) is 4.79 Å². The van der Waals surface area contributed by atoms with Gasteiger partial charge in [0.05, 0.1) is 5.92 Å². The van der Waals surface area contributed by atoms with Gasteiger partial charge in [0.1, 0.15) is 18.3 Å². The standard InChI is InChI=1S/C19H26N6O3/c1-19(2,3)28-18(27)24-8-4-5-15(11-24)17(26)22-10-14-6-7-16(21-9-14)25-13-20-12-23-25/h6-7,9,12-13,15H,4-5,8,10-11H2,1-3H3,(H,22,26). The van der Waals surface area contributed by atoms with E-state index in [0.717, 1.165) is 18.4 Å². The molecular weight excluding hydrogens is 360 g/mol. The van der Waals surface area contributed by atoms with Gasteiger partial charge in [-0.15, -0.1) is 0 Å². The van der Waals surface area contributed by atoms with Gasteiger partial charge in [-0.1, -0.05) is 6.07 Å². The van der Waals surface area contributed by atoms with Gasteiger partial charge in [0.25, 0.3) is 0 Å². The maximum Gasteiger partial charge on any atom is 0.410 e. The van der Waals surface area contributed by atoms with Crippen LogP contribution in [0, 0.1) is 5.92 Å². The molecule has 2 aromatic heterocycles. The summed E-state index contributed by atoms with van der Waals surface area (Å²) < 4.78 is 6.98. The molecule has 0 aromatic carbocycles. The molecule has 3 heterocycles. The van der Waals surface area contributed by atoms with Gasteiger partial charge in [-0.05, 0) is 45.2 Å². The molecule has 9 nitrogen and oxygen atoms in total. The van der Waals surface area contributed by atoms with Crippen LogP contribution in [0.3, 0.4) is 0 Å². The third-order valence-electron chi connectivity index (χ3n) is 4.37. The van der Waals surface area contributed by atoms with Crippen LogP contribution in [0.15, 0.2) is 31.0 Å². The Balaban J connectivity index is 1.51. The van der Waals surface area contributed by atoms with Crippen LogP contribution in [0.25, 0.3) is 5.82 Å². The van der Waals surface area contributed by atoms with Crippen molar-refractivity contribution >= 4 is 12.0 Å². The topological polar surface area (TPSA) is 102 Å². The molecule has 1 unspecified atom stereocenters. The molecule has 1 saturated heterocycles. The molecule has 0 spiro atoms. The first kappa shape index (κ1) is 19.8. The smallest absolute Gasteiger partial charge is 0.410 e. The second-order valence-electron chi connectivity index (χ2n) is 7.85. The Bertz CT molecular complexity index is 798. The van der Waals surface area contributed by atoms with Crippen molar-refractivity contribution < 1.29 is 14.3 Å². The molecule has 0 saturated carbocycles. The summed E-state index contributed by atoms with van der Waals surface area (Å²) in [6.45, 7) is 6.88. The quantitative estimate of drug-likeness (QED) is 0.861. The fourth-order valence-corrected chi connectivity index (χ4v) is 3.00. The predicted octanol–water partition coefficient (Wildman–Crippen LogP) is 1.93. The fourth-order valence-electron chi connectivity index (χ4n) is 3.00. The lowest BCUT2D eigenvalue weighted by Crippen LogP contribution is -2.46. The number of piperidine rings is 1. The lowest BCUT2D eigenvalue weighted by molar-refractivity contribution is -0.126. The Morgan fingerprint density at radius 2 is 2.14 bits per heavy atom. The van der Waals surface area contributed by atoms with Crippen LogP contribution in [-0.4, -0.2) is 55.3 Å². The molecule has 28 heavy (non-hydrogen) atoms. The highest BCUT2D eigenvalue weighted by atomic mass is 16.6. The van der Waals surface area contributed by atoms with Crippen molar-refractivity contribution in [2.45, 2.75) is 45.8 Å². The van der Waals surface area contributed by atoms with E-state index in [0.29, 0.717) is 25.5 Å². The first-order valence-electron chi connectivity index (χ1n) is 9.37. The summed E-state index contributed by atoms with van der Waals surface area (Å²) in [6, 6.07) is 3.71. The maximum absolute atomic E-state index is 12.5. The Labute approximate surface area is 164 Å². The van der Waals surface area contributed by atoms with Crippen LogP contribution in [-0.2, 0) is 16.1 Å². The summed E-state index contributed by atoms with van der Waals surface area (Å²) in [5.74, 6) is 0.366. The monoisotopic (exact) mass is 386 g/mol. The van der Waals surface area contributed by atoms with E-state index >= 15 is 0 Å². The zero-order chi connectivity index (χ0) is 20.1. The lowest BCUT2D eigenvalue weighted by atomic mass is 9.97. The first-order chi connectivity index (χ1) is 13.3. The van der Waals surface area contributed by atoms with Crippen LogP contribution in [0.1, 0.15) is 39.2 Å². The van der Waals surface area contributed by atoms with Crippen molar-refractivity contribution in [1.82, 2.24) is 30.0 Å². The number of hydrogen-bond donors (Lipinski definition) is 1.